The zero-order valence-electron chi connectivity index (χ0n) is 12.1. The highest BCUT2D eigenvalue weighted by Gasteiger charge is 2.29. The van der Waals surface area contributed by atoms with Crippen molar-refractivity contribution in [2.45, 2.75) is 37.9 Å². The van der Waals surface area contributed by atoms with Crippen molar-refractivity contribution < 1.29 is 14.7 Å². The summed E-state index contributed by atoms with van der Waals surface area (Å²) in [6.07, 6.45) is 3.52. The summed E-state index contributed by atoms with van der Waals surface area (Å²) < 4.78 is 0. The number of carbonyl (C=O) groups is 1. The van der Waals surface area contributed by atoms with Crippen LogP contribution < -0.4 is 5.48 Å². The minimum atomic E-state index is -0.929. The number of nitrogens with zero attached hydrogens (tertiary/aromatic N) is 6. The molecule has 0 spiro atoms. The minimum absolute atomic E-state index is 0.0217. The maximum Gasteiger partial charge on any atom is 0.317 e. The molecule has 1 saturated heterocycles. The topological polar surface area (TPSA) is 129 Å². The van der Waals surface area contributed by atoms with Crippen molar-refractivity contribution in [1.82, 2.24) is 30.6 Å². The van der Waals surface area contributed by atoms with E-state index in [9.17, 15) is 4.79 Å². The van der Waals surface area contributed by atoms with Gasteiger partial charge in [0.05, 0.1) is 31.8 Å². The van der Waals surface area contributed by atoms with E-state index in [0.717, 1.165) is 12.8 Å². The lowest BCUT2D eigenvalue weighted by Gasteiger charge is -2.35. The molecule has 2 rings (SSSR count). The van der Waals surface area contributed by atoms with Gasteiger partial charge in [-0.25, -0.2) is 0 Å². The molecule has 22 heavy (non-hydrogen) atoms. The number of rotatable bonds is 8. The van der Waals surface area contributed by atoms with Gasteiger partial charge in [0.1, 0.15) is 0 Å². The van der Waals surface area contributed by atoms with Crippen molar-refractivity contribution in [3.8, 4) is 6.07 Å². The highest BCUT2D eigenvalue weighted by atomic mass is 16.6. The second kappa shape index (κ2) is 8.38. The molecular weight excluding hydrogens is 290 g/mol. The van der Waals surface area contributed by atoms with Gasteiger partial charge in [-0.1, -0.05) is 0 Å². The molecule has 0 amide bonds. The van der Waals surface area contributed by atoms with Gasteiger partial charge in [-0.3, -0.25) is 9.69 Å². The molecule has 0 bridgehead atoms. The van der Waals surface area contributed by atoms with Crippen molar-refractivity contribution in [3.63, 3.8) is 0 Å². The Labute approximate surface area is 127 Å². The number of tetrazole rings is 1. The van der Waals surface area contributed by atoms with Crippen LogP contribution in [0.5, 0.6) is 0 Å². The average molecular weight is 309 g/mol. The van der Waals surface area contributed by atoms with Crippen molar-refractivity contribution in [2.75, 3.05) is 19.7 Å². The number of carboxylic acid groups (broad SMARTS) is 1. The molecule has 1 fully saturated rings. The van der Waals surface area contributed by atoms with E-state index in [2.05, 4.69) is 27.0 Å². The molecule has 0 aliphatic carbocycles. The average Bonchev–Trinajstić information content (AvgIpc) is 3.00. The second-order valence-electron chi connectivity index (χ2n) is 5.09. The van der Waals surface area contributed by atoms with E-state index in [1.807, 2.05) is 0 Å². The standard InChI is InChI=1S/C12H19N7O3/c13-6-11-3-2-10(7-18(11)8-12(20)21)16-22-5-1-4-19-15-9-14-17-19/h9-11,16H,1-5,7-8H2,(H,20,21)/t10-,11+/m1/s1. The van der Waals surface area contributed by atoms with E-state index in [1.165, 1.54) is 11.1 Å². The molecule has 10 nitrogen and oxygen atoms in total. The van der Waals surface area contributed by atoms with Gasteiger partial charge in [-0.05, 0) is 24.5 Å². The fourth-order valence-corrected chi connectivity index (χ4v) is 2.38. The zero-order valence-corrected chi connectivity index (χ0v) is 12.1. The van der Waals surface area contributed by atoms with Gasteiger partial charge in [-0.2, -0.15) is 15.5 Å². The maximum atomic E-state index is 10.8. The van der Waals surface area contributed by atoms with Gasteiger partial charge in [-0.15, -0.1) is 10.2 Å². The van der Waals surface area contributed by atoms with Crippen molar-refractivity contribution in [1.29, 1.82) is 5.26 Å². The molecule has 2 atom stereocenters. The summed E-state index contributed by atoms with van der Waals surface area (Å²) in [6, 6.07) is 1.82. The first kappa shape index (κ1) is 16.3. The van der Waals surface area contributed by atoms with Gasteiger partial charge in [0.2, 0.25) is 0 Å². The number of carboxylic acids is 1. The smallest absolute Gasteiger partial charge is 0.317 e. The molecule has 0 aromatic carbocycles. The Morgan fingerprint density at radius 1 is 1.55 bits per heavy atom. The molecule has 2 N–H and O–H groups in total. The Bertz CT molecular complexity index is 501. The van der Waals surface area contributed by atoms with Crippen LogP contribution in [0.3, 0.4) is 0 Å². The molecule has 0 saturated carbocycles. The summed E-state index contributed by atoms with van der Waals surface area (Å²) in [7, 11) is 0. The Balaban J connectivity index is 1.65. The Morgan fingerprint density at radius 2 is 2.41 bits per heavy atom. The van der Waals surface area contributed by atoms with Crippen LogP contribution in [-0.4, -0.2) is 68.0 Å². The van der Waals surface area contributed by atoms with Crippen molar-refractivity contribution >= 4 is 5.97 Å². The fourth-order valence-electron chi connectivity index (χ4n) is 2.38. The van der Waals surface area contributed by atoms with E-state index >= 15 is 0 Å². The number of hydrogen-bond acceptors (Lipinski definition) is 8. The van der Waals surface area contributed by atoms with Crippen molar-refractivity contribution in [2.24, 2.45) is 0 Å². The molecule has 1 aliphatic rings. The van der Waals surface area contributed by atoms with Crippen LogP contribution in [0.2, 0.25) is 0 Å². The van der Waals surface area contributed by atoms with E-state index in [0.29, 0.717) is 26.1 Å². The van der Waals surface area contributed by atoms with E-state index in [-0.39, 0.29) is 18.6 Å². The van der Waals surface area contributed by atoms with Gasteiger partial charge in [0.15, 0.2) is 6.33 Å². The summed E-state index contributed by atoms with van der Waals surface area (Å²) in [4.78, 5) is 19.4. The number of aliphatic carboxylic acids is 1. The number of nitrogens with one attached hydrogen (secondary N) is 1. The molecule has 0 unspecified atom stereocenters. The Hall–Kier alpha value is -2.09. The van der Waals surface area contributed by atoms with E-state index in [4.69, 9.17) is 15.2 Å². The first-order valence-electron chi connectivity index (χ1n) is 7.12. The fraction of sp³-hybridized carbons (Fsp3) is 0.750. The lowest BCUT2D eigenvalue weighted by Crippen LogP contribution is -2.51. The third kappa shape index (κ3) is 5.03. The number of hydroxylamine groups is 1. The normalized spacial score (nSPS) is 22.3. The molecule has 120 valence electrons. The number of piperidine rings is 1. The molecule has 0 radical (unpaired) electrons. The van der Waals surface area contributed by atoms with E-state index in [1.54, 1.807) is 4.90 Å². The zero-order chi connectivity index (χ0) is 15.8. The monoisotopic (exact) mass is 309 g/mol. The van der Waals surface area contributed by atoms with Gasteiger partial charge >= 0.3 is 5.97 Å². The Kier molecular flexibility index (Phi) is 6.20. The highest BCUT2D eigenvalue weighted by Crippen LogP contribution is 2.16. The Morgan fingerprint density at radius 3 is 3.09 bits per heavy atom. The number of likely N-dealkylation sites (tertiary alicyclic amines) is 1. The SMILES string of the molecule is N#C[C@@H]1CC[C@@H](NOCCCn2ncnn2)CN1CC(=O)O. The summed E-state index contributed by atoms with van der Waals surface area (Å²) in [5, 5.41) is 29.2. The minimum Gasteiger partial charge on any atom is -0.480 e. The van der Waals surface area contributed by atoms with Crippen LogP contribution in [0.1, 0.15) is 19.3 Å². The van der Waals surface area contributed by atoms with Gasteiger partial charge in [0.25, 0.3) is 0 Å². The predicted octanol–water partition coefficient (Wildman–Crippen LogP) is -0.974. The summed E-state index contributed by atoms with van der Waals surface area (Å²) in [5.41, 5.74) is 2.94. The first-order chi connectivity index (χ1) is 10.7. The summed E-state index contributed by atoms with van der Waals surface area (Å²) in [5.74, 6) is -0.929. The number of nitriles is 1. The number of hydrogen-bond donors (Lipinski definition) is 2. The predicted molar refractivity (Wildman–Crippen MR) is 73.2 cm³/mol. The lowest BCUT2D eigenvalue weighted by molar-refractivity contribution is -0.139. The molecule has 1 aliphatic heterocycles. The largest absolute Gasteiger partial charge is 0.480 e. The molecular formula is C12H19N7O3. The molecule has 2 heterocycles. The van der Waals surface area contributed by atoms with Crippen LogP contribution >= 0.6 is 0 Å². The van der Waals surface area contributed by atoms with Gasteiger partial charge < -0.3 is 9.94 Å². The molecule has 1 aromatic heterocycles. The third-order valence-corrected chi connectivity index (χ3v) is 3.42. The summed E-state index contributed by atoms with van der Waals surface area (Å²) in [6.45, 7) is 1.45. The lowest BCUT2D eigenvalue weighted by atomic mass is 10.00. The van der Waals surface area contributed by atoms with Crippen LogP contribution in [0.4, 0.5) is 0 Å². The summed E-state index contributed by atoms with van der Waals surface area (Å²) >= 11 is 0. The van der Waals surface area contributed by atoms with Crippen LogP contribution in [-0.2, 0) is 16.2 Å². The molecule has 10 heteroatoms. The van der Waals surface area contributed by atoms with Crippen LogP contribution in [0.25, 0.3) is 0 Å². The van der Waals surface area contributed by atoms with E-state index < -0.39 is 5.97 Å². The van der Waals surface area contributed by atoms with Crippen LogP contribution in [0.15, 0.2) is 6.33 Å². The van der Waals surface area contributed by atoms with Crippen molar-refractivity contribution in [3.05, 3.63) is 6.33 Å². The van der Waals surface area contributed by atoms with Gasteiger partial charge in [0, 0.05) is 12.6 Å². The number of aromatic nitrogens is 4. The maximum absolute atomic E-state index is 10.8. The highest BCUT2D eigenvalue weighted by molar-refractivity contribution is 5.69. The van der Waals surface area contributed by atoms with Crippen LogP contribution in [0, 0.1) is 11.3 Å². The molecule has 1 aromatic rings. The first-order valence-corrected chi connectivity index (χ1v) is 7.12. The second-order valence-corrected chi connectivity index (χ2v) is 5.09. The third-order valence-electron chi connectivity index (χ3n) is 3.42. The quantitative estimate of drug-likeness (QED) is 0.460. The number of aryl methyl sites for hydroxylation is 1.